The van der Waals surface area contributed by atoms with Gasteiger partial charge in [-0.15, -0.1) is 0 Å². The summed E-state index contributed by atoms with van der Waals surface area (Å²) >= 11 is 0. The third kappa shape index (κ3) is 2.05. The monoisotopic (exact) mass is 296 g/mol. The van der Waals surface area contributed by atoms with Gasteiger partial charge in [0.1, 0.15) is 23.5 Å². The lowest BCUT2D eigenvalue weighted by Gasteiger charge is -2.34. The molecule has 112 valence electrons. The van der Waals surface area contributed by atoms with Gasteiger partial charge >= 0.3 is 0 Å². The molecule has 1 unspecified atom stereocenters. The number of pyridine rings is 1. The van der Waals surface area contributed by atoms with Gasteiger partial charge in [-0.1, -0.05) is 6.07 Å². The number of nitrogens with one attached hydrogen (secondary N) is 1. The first-order valence-corrected chi connectivity index (χ1v) is 7.43. The summed E-state index contributed by atoms with van der Waals surface area (Å²) in [5.74, 6) is 0.738. The van der Waals surface area contributed by atoms with Crippen LogP contribution in [-0.2, 0) is 0 Å². The topological polar surface area (TPSA) is 79.2 Å². The summed E-state index contributed by atoms with van der Waals surface area (Å²) in [5, 5.41) is 6.81. The summed E-state index contributed by atoms with van der Waals surface area (Å²) in [6.45, 7) is 0.726. The first-order chi connectivity index (χ1) is 10.8. The Hall–Kier alpha value is -2.70. The van der Waals surface area contributed by atoms with Gasteiger partial charge in [0, 0.05) is 12.7 Å². The van der Waals surface area contributed by atoms with Gasteiger partial charge in [0.05, 0.1) is 12.2 Å². The lowest BCUT2D eigenvalue weighted by molar-refractivity contribution is 0.0593. The molecule has 1 amide bonds. The summed E-state index contributed by atoms with van der Waals surface area (Å²) in [6.07, 6.45) is 7.99. The van der Waals surface area contributed by atoms with Crippen LogP contribution in [0.1, 0.15) is 41.6 Å². The third-order valence-corrected chi connectivity index (χ3v) is 4.15. The number of hydrogen-bond donors (Lipinski definition) is 1. The van der Waals surface area contributed by atoms with E-state index in [4.69, 9.17) is 0 Å². The number of hydrogen-bond acceptors (Lipinski definition) is 4. The van der Waals surface area contributed by atoms with Gasteiger partial charge in [-0.3, -0.25) is 14.3 Å². The van der Waals surface area contributed by atoms with Crippen molar-refractivity contribution >= 4 is 11.6 Å². The van der Waals surface area contributed by atoms with E-state index >= 15 is 0 Å². The Balaban J connectivity index is 1.71. The first kappa shape index (κ1) is 13.0. The minimum atomic E-state index is -0.0435. The van der Waals surface area contributed by atoms with E-state index < -0.39 is 0 Å². The van der Waals surface area contributed by atoms with Crippen LogP contribution in [0, 0.1) is 0 Å². The Bertz CT molecular complexity index is 793. The maximum atomic E-state index is 13.0. The van der Waals surface area contributed by atoms with Crippen molar-refractivity contribution in [3.8, 4) is 0 Å². The van der Waals surface area contributed by atoms with Gasteiger partial charge in [-0.05, 0) is 31.4 Å². The molecule has 0 aliphatic carbocycles. The smallest absolute Gasteiger partial charge is 0.273 e. The SMILES string of the molecule is O=C(c1cnc2ccccn12)N1CCCCC1c1ncn[nH]1. The second-order valence-corrected chi connectivity index (χ2v) is 5.45. The molecule has 1 fully saturated rings. The number of carbonyl (C=O) groups excluding carboxylic acids is 1. The standard InChI is InChI=1S/C15H16N6O/c22-15(12-9-16-13-6-2-4-7-20(12)13)21-8-3-1-5-11(21)14-17-10-18-19-14/h2,4,6-7,9-11H,1,3,5,8H2,(H,17,18,19). The summed E-state index contributed by atoms with van der Waals surface area (Å²) in [5.41, 5.74) is 1.36. The number of rotatable bonds is 2. The van der Waals surface area contributed by atoms with Gasteiger partial charge in [0.2, 0.25) is 0 Å². The van der Waals surface area contributed by atoms with Gasteiger partial charge in [0.25, 0.3) is 5.91 Å². The van der Waals surface area contributed by atoms with Crippen molar-refractivity contribution in [1.82, 2.24) is 29.5 Å². The Labute approximate surface area is 127 Å². The second-order valence-electron chi connectivity index (χ2n) is 5.45. The number of likely N-dealkylation sites (tertiary alicyclic amines) is 1. The molecule has 0 radical (unpaired) electrons. The van der Waals surface area contributed by atoms with Crippen molar-refractivity contribution in [2.45, 2.75) is 25.3 Å². The molecule has 4 rings (SSSR count). The minimum Gasteiger partial charge on any atom is -0.327 e. The van der Waals surface area contributed by atoms with E-state index in [0.29, 0.717) is 5.69 Å². The average molecular weight is 296 g/mol. The van der Waals surface area contributed by atoms with Crippen LogP contribution in [-0.4, -0.2) is 41.9 Å². The number of aromatic amines is 1. The van der Waals surface area contributed by atoms with Crippen molar-refractivity contribution in [2.24, 2.45) is 0 Å². The van der Waals surface area contributed by atoms with Crippen LogP contribution in [0.15, 0.2) is 36.9 Å². The predicted molar refractivity (Wildman–Crippen MR) is 79.2 cm³/mol. The van der Waals surface area contributed by atoms with Gasteiger partial charge < -0.3 is 4.90 Å². The van der Waals surface area contributed by atoms with Crippen LogP contribution in [0.3, 0.4) is 0 Å². The van der Waals surface area contributed by atoms with Crippen LogP contribution in [0.25, 0.3) is 5.65 Å². The van der Waals surface area contributed by atoms with Gasteiger partial charge in [-0.25, -0.2) is 9.97 Å². The number of amides is 1. The quantitative estimate of drug-likeness (QED) is 0.782. The van der Waals surface area contributed by atoms with E-state index in [1.165, 1.54) is 6.33 Å². The van der Waals surface area contributed by atoms with E-state index in [9.17, 15) is 4.79 Å². The number of carbonyl (C=O) groups is 1. The Morgan fingerprint density at radius 1 is 1.27 bits per heavy atom. The predicted octanol–water partition coefficient (Wildman–Crippen LogP) is 1.82. The second kappa shape index (κ2) is 5.25. The summed E-state index contributed by atoms with van der Waals surface area (Å²) in [7, 11) is 0. The number of H-pyrrole nitrogens is 1. The first-order valence-electron chi connectivity index (χ1n) is 7.43. The highest BCUT2D eigenvalue weighted by molar-refractivity contribution is 5.93. The highest BCUT2D eigenvalue weighted by Gasteiger charge is 2.31. The van der Waals surface area contributed by atoms with Crippen LogP contribution >= 0.6 is 0 Å². The fraction of sp³-hybridized carbons (Fsp3) is 0.333. The molecule has 0 aromatic carbocycles. The van der Waals surface area contributed by atoms with E-state index in [1.54, 1.807) is 6.20 Å². The fourth-order valence-corrected chi connectivity index (χ4v) is 3.07. The Kier molecular flexibility index (Phi) is 3.10. The van der Waals surface area contributed by atoms with Crippen molar-refractivity contribution < 1.29 is 4.79 Å². The molecule has 0 bridgehead atoms. The molecular weight excluding hydrogens is 280 g/mol. The maximum absolute atomic E-state index is 13.0. The molecule has 7 nitrogen and oxygen atoms in total. The van der Waals surface area contributed by atoms with Crippen LogP contribution in [0.4, 0.5) is 0 Å². The van der Waals surface area contributed by atoms with Crippen LogP contribution in [0.5, 0.6) is 0 Å². The number of fused-ring (bicyclic) bond motifs is 1. The Morgan fingerprint density at radius 3 is 3.09 bits per heavy atom. The molecular formula is C15H16N6O. The molecule has 1 atom stereocenters. The fourth-order valence-electron chi connectivity index (χ4n) is 3.07. The zero-order valence-corrected chi connectivity index (χ0v) is 12.0. The molecule has 3 aromatic heterocycles. The largest absolute Gasteiger partial charge is 0.327 e. The molecule has 1 aliphatic rings. The number of aromatic nitrogens is 5. The minimum absolute atomic E-state index is 0.0141. The normalized spacial score (nSPS) is 18.7. The molecule has 1 aliphatic heterocycles. The highest BCUT2D eigenvalue weighted by Crippen LogP contribution is 2.29. The van der Waals surface area contributed by atoms with Gasteiger partial charge in [0.15, 0.2) is 0 Å². The zero-order valence-electron chi connectivity index (χ0n) is 12.0. The molecule has 1 saturated heterocycles. The average Bonchev–Trinajstić information content (AvgIpc) is 3.24. The van der Waals surface area contributed by atoms with Crippen molar-refractivity contribution in [3.63, 3.8) is 0 Å². The van der Waals surface area contributed by atoms with E-state index in [0.717, 1.165) is 37.3 Å². The summed E-state index contributed by atoms with van der Waals surface area (Å²) in [6, 6.07) is 5.66. The number of nitrogens with zero attached hydrogens (tertiary/aromatic N) is 5. The lowest BCUT2D eigenvalue weighted by Crippen LogP contribution is -2.39. The van der Waals surface area contributed by atoms with Crippen LogP contribution in [0.2, 0.25) is 0 Å². The molecule has 4 heterocycles. The molecule has 22 heavy (non-hydrogen) atoms. The molecule has 7 heteroatoms. The van der Waals surface area contributed by atoms with Crippen molar-refractivity contribution in [3.05, 3.63) is 48.4 Å². The van der Waals surface area contributed by atoms with E-state index in [2.05, 4.69) is 20.2 Å². The summed E-state index contributed by atoms with van der Waals surface area (Å²) < 4.78 is 1.83. The van der Waals surface area contributed by atoms with Crippen molar-refractivity contribution in [1.29, 1.82) is 0 Å². The van der Waals surface area contributed by atoms with E-state index in [1.807, 2.05) is 33.7 Å². The van der Waals surface area contributed by atoms with Crippen molar-refractivity contribution in [2.75, 3.05) is 6.54 Å². The number of piperidine rings is 1. The van der Waals surface area contributed by atoms with E-state index in [-0.39, 0.29) is 11.9 Å². The number of imidazole rings is 1. The molecule has 0 spiro atoms. The lowest BCUT2D eigenvalue weighted by atomic mass is 10.0. The molecule has 1 N–H and O–H groups in total. The zero-order chi connectivity index (χ0) is 14.9. The summed E-state index contributed by atoms with van der Waals surface area (Å²) in [4.78, 5) is 23.4. The van der Waals surface area contributed by atoms with Gasteiger partial charge in [-0.2, -0.15) is 5.10 Å². The van der Waals surface area contributed by atoms with Crippen LogP contribution < -0.4 is 0 Å². The Morgan fingerprint density at radius 2 is 2.23 bits per heavy atom. The highest BCUT2D eigenvalue weighted by atomic mass is 16.2. The maximum Gasteiger partial charge on any atom is 0.273 e. The molecule has 3 aromatic rings. The molecule has 0 saturated carbocycles. The third-order valence-electron chi connectivity index (χ3n) is 4.15.